The van der Waals surface area contributed by atoms with Crippen LogP contribution in [-0.4, -0.2) is 70.1 Å². The molecule has 3 unspecified atom stereocenters. The number of phenols is 1. The third-order valence-electron chi connectivity index (χ3n) is 7.72. The van der Waals surface area contributed by atoms with E-state index in [1.807, 2.05) is 0 Å². The monoisotopic (exact) mass is 578 g/mol. The maximum atomic E-state index is 14.8. The lowest BCUT2D eigenvalue weighted by Gasteiger charge is -2.45. The number of halogens is 4. The number of rotatable bonds is 4. The van der Waals surface area contributed by atoms with Gasteiger partial charge in [-0.25, -0.2) is 9.18 Å². The fourth-order valence-electron chi connectivity index (χ4n) is 5.89. The molecular formula is C30H34F4N2O5. The Labute approximate surface area is 236 Å². The van der Waals surface area contributed by atoms with Crippen molar-refractivity contribution in [2.45, 2.75) is 64.3 Å². The lowest BCUT2D eigenvalue weighted by atomic mass is 9.69. The second kappa shape index (κ2) is 11.3. The van der Waals surface area contributed by atoms with Crippen molar-refractivity contribution in [3.8, 4) is 5.75 Å². The molecule has 1 N–H and O–H groups in total. The standard InChI is InChI=1S/C30H34F4N2O5/c1-17-20(10-6-11-23(17)31)25-21(26(38)18-8-5-9-19(37)14-18)15-35(28(40)41-29(2,3)4)16-22(25)27(39)36-13-7-12-24(36)30(32,33)34/h5-6,8-11,14,21-22,24-25,37H,7,12-13,15-16H2,1-4H3/t21?,22?,24-,25?/m0/s1. The molecule has 41 heavy (non-hydrogen) atoms. The van der Waals surface area contributed by atoms with Gasteiger partial charge >= 0.3 is 12.3 Å². The summed E-state index contributed by atoms with van der Waals surface area (Å²) in [6, 6.07) is 7.72. The highest BCUT2D eigenvalue weighted by molar-refractivity contribution is 6.00. The van der Waals surface area contributed by atoms with Crippen LogP contribution in [0.15, 0.2) is 42.5 Å². The zero-order chi connectivity index (χ0) is 30.3. The number of ether oxygens (including phenoxy) is 1. The number of likely N-dealkylation sites (tertiary alicyclic amines) is 2. The summed E-state index contributed by atoms with van der Waals surface area (Å²) in [5, 5.41) is 10.0. The van der Waals surface area contributed by atoms with Gasteiger partial charge in [0.15, 0.2) is 5.78 Å². The van der Waals surface area contributed by atoms with Crippen LogP contribution in [0.4, 0.5) is 22.4 Å². The van der Waals surface area contributed by atoms with E-state index < -0.39 is 59.2 Å². The van der Waals surface area contributed by atoms with Gasteiger partial charge in [0.1, 0.15) is 23.2 Å². The first-order chi connectivity index (χ1) is 19.1. The Hall–Kier alpha value is -3.63. The molecule has 2 fully saturated rings. The Morgan fingerprint density at radius 3 is 2.29 bits per heavy atom. The van der Waals surface area contributed by atoms with Crippen LogP contribution in [0.3, 0.4) is 0 Å². The molecule has 2 heterocycles. The van der Waals surface area contributed by atoms with E-state index in [4.69, 9.17) is 4.74 Å². The Balaban J connectivity index is 1.87. The van der Waals surface area contributed by atoms with Crippen molar-refractivity contribution in [2.24, 2.45) is 11.8 Å². The summed E-state index contributed by atoms with van der Waals surface area (Å²) < 4.78 is 62.1. The topological polar surface area (TPSA) is 87.1 Å². The van der Waals surface area contributed by atoms with Gasteiger partial charge in [0.2, 0.25) is 5.91 Å². The summed E-state index contributed by atoms with van der Waals surface area (Å²) in [4.78, 5) is 43.2. The number of phenolic OH excluding ortho intramolecular Hbond substituents is 1. The fraction of sp³-hybridized carbons (Fsp3) is 0.500. The highest BCUT2D eigenvalue weighted by Gasteiger charge is 2.53. The van der Waals surface area contributed by atoms with Crippen molar-refractivity contribution in [3.05, 3.63) is 65.0 Å². The van der Waals surface area contributed by atoms with E-state index in [-0.39, 0.29) is 49.4 Å². The van der Waals surface area contributed by atoms with Crippen LogP contribution in [0.5, 0.6) is 5.75 Å². The molecule has 7 nitrogen and oxygen atoms in total. The van der Waals surface area contributed by atoms with Gasteiger partial charge in [-0.1, -0.05) is 24.3 Å². The van der Waals surface area contributed by atoms with Crippen molar-refractivity contribution >= 4 is 17.8 Å². The minimum atomic E-state index is -4.66. The number of nitrogens with zero attached hydrogens (tertiary/aromatic N) is 2. The summed E-state index contributed by atoms with van der Waals surface area (Å²) in [6.07, 6.45) is -5.60. The number of alkyl halides is 3. The quantitative estimate of drug-likeness (QED) is 0.364. The second-order valence-electron chi connectivity index (χ2n) is 11.7. The molecule has 11 heteroatoms. The van der Waals surface area contributed by atoms with Crippen molar-refractivity contribution in [1.82, 2.24) is 9.80 Å². The van der Waals surface area contributed by atoms with Gasteiger partial charge in [-0.05, 0) is 69.9 Å². The third kappa shape index (κ3) is 6.49. The molecule has 0 aromatic heterocycles. The lowest BCUT2D eigenvalue weighted by molar-refractivity contribution is -0.185. The van der Waals surface area contributed by atoms with Gasteiger partial charge in [0, 0.05) is 37.0 Å². The zero-order valence-electron chi connectivity index (χ0n) is 23.4. The molecule has 2 aromatic carbocycles. The van der Waals surface area contributed by atoms with Gasteiger partial charge < -0.3 is 19.6 Å². The minimum absolute atomic E-state index is 0.0839. The number of carbonyl (C=O) groups excluding carboxylic acids is 3. The highest BCUT2D eigenvalue weighted by atomic mass is 19.4. The Morgan fingerprint density at radius 2 is 1.66 bits per heavy atom. The van der Waals surface area contributed by atoms with Gasteiger partial charge in [0.05, 0.1) is 5.92 Å². The van der Waals surface area contributed by atoms with Crippen LogP contribution in [0.25, 0.3) is 0 Å². The zero-order valence-corrected chi connectivity index (χ0v) is 23.4. The molecule has 4 rings (SSSR count). The molecule has 2 saturated heterocycles. The Bertz CT molecular complexity index is 1320. The smallest absolute Gasteiger partial charge is 0.410 e. The molecule has 0 bridgehead atoms. The van der Waals surface area contributed by atoms with Gasteiger partial charge in [-0.15, -0.1) is 0 Å². The highest BCUT2D eigenvalue weighted by Crippen LogP contribution is 2.44. The molecule has 0 radical (unpaired) electrons. The van der Waals surface area contributed by atoms with Crippen LogP contribution >= 0.6 is 0 Å². The normalized spacial score (nSPS) is 23.4. The van der Waals surface area contributed by atoms with Gasteiger partial charge in [-0.3, -0.25) is 9.59 Å². The third-order valence-corrected chi connectivity index (χ3v) is 7.72. The number of piperidine rings is 1. The van der Waals surface area contributed by atoms with E-state index in [9.17, 15) is 37.1 Å². The molecule has 2 aliphatic rings. The molecule has 0 saturated carbocycles. The summed E-state index contributed by atoms with van der Waals surface area (Å²) in [6.45, 7) is 5.73. The van der Waals surface area contributed by atoms with Gasteiger partial charge in [0.25, 0.3) is 0 Å². The van der Waals surface area contributed by atoms with E-state index in [0.717, 1.165) is 4.90 Å². The van der Waals surface area contributed by atoms with E-state index >= 15 is 0 Å². The molecule has 2 aliphatic heterocycles. The van der Waals surface area contributed by atoms with Crippen LogP contribution in [0.1, 0.15) is 61.0 Å². The number of ketones is 1. The predicted octanol–water partition coefficient (Wildman–Crippen LogP) is 5.84. The molecule has 0 spiro atoms. The second-order valence-corrected chi connectivity index (χ2v) is 11.7. The van der Waals surface area contributed by atoms with E-state index in [2.05, 4.69) is 0 Å². The van der Waals surface area contributed by atoms with Crippen LogP contribution in [0, 0.1) is 24.6 Å². The summed E-state index contributed by atoms with van der Waals surface area (Å²) in [5.41, 5.74) is -0.384. The molecule has 4 atom stereocenters. The van der Waals surface area contributed by atoms with Crippen LogP contribution < -0.4 is 0 Å². The van der Waals surface area contributed by atoms with E-state index in [1.54, 1.807) is 26.8 Å². The molecule has 0 aliphatic carbocycles. The first kappa shape index (κ1) is 30.3. The maximum absolute atomic E-state index is 14.8. The summed E-state index contributed by atoms with van der Waals surface area (Å²) in [5.74, 6) is -5.70. The number of aromatic hydroxyl groups is 1. The predicted molar refractivity (Wildman–Crippen MR) is 142 cm³/mol. The van der Waals surface area contributed by atoms with Crippen molar-refractivity contribution in [1.29, 1.82) is 0 Å². The SMILES string of the molecule is Cc1c(F)cccc1C1C(C(=O)c2cccc(O)c2)CN(C(=O)OC(C)(C)C)CC1C(=O)N1CCC[C@H]1C(F)(F)F. The maximum Gasteiger partial charge on any atom is 0.410 e. The lowest BCUT2D eigenvalue weighted by Crippen LogP contribution is -2.57. The van der Waals surface area contributed by atoms with Crippen molar-refractivity contribution in [2.75, 3.05) is 19.6 Å². The number of carbonyl (C=O) groups is 3. The Morgan fingerprint density at radius 1 is 1.00 bits per heavy atom. The first-order valence-corrected chi connectivity index (χ1v) is 13.5. The number of hydrogen-bond donors (Lipinski definition) is 1. The van der Waals surface area contributed by atoms with Crippen LogP contribution in [0.2, 0.25) is 0 Å². The van der Waals surface area contributed by atoms with Crippen LogP contribution in [-0.2, 0) is 9.53 Å². The average molecular weight is 579 g/mol. The summed E-state index contributed by atoms with van der Waals surface area (Å²) in [7, 11) is 0. The molecule has 2 amide bonds. The molecule has 222 valence electrons. The number of amides is 2. The summed E-state index contributed by atoms with van der Waals surface area (Å²) >= 11 is 0. The van der Waals surface area contributed by atoms with Gasteiger partial charge in [-0.2, -0.15) is 13.2 Å². The average Bonchev–Trinajstić information content (AvgIpc) is 3.39. The number of Topliss-reactive ketones (excluding diaryl/α,β-unsaturated/α-hetero) is 1. The van der Waals surface area contributed by atoms with E-state index in [1.165, 1.54) is 48.2 Å². The first-order valence-electron chi connectivity index (χ1n) is 13.5. The largest absolute Gasteiger partial charge is 0.508 e. The number of hydrogen-bond acceptors (Lipinski definition) is 5. The molecular weight excluding hydrogens is 544 g/mol. The Kier molecular flexibility index (Phi) is 8.38. The van der Waals surface area contributed by atoms with Crippen molar-refractivity contribution < 1.29 is 41.8 Å². The van der Waals surface area contributed by atoms with E-state index in [0.29, 0.717) is 5.56 Å². The number of benzene rings is 2. The fourth-order valence-corrected chi connectivity index (χ4v) is 5.89. The molecule has 2 aromatic rings. The van der Waals surface area contributed by atoms with Crippen molar-refractivity contribution in [3.63, 3.8) is 0 Å². The minimum Gasteiger partial charge on any atom is -0.508 e.